The van der Waals surface area contributed by atoms with Gasteiger partial charge in [-0.25, -0.2) is 9.37 Å². The van der Waals surface area contributed by atoms with Crippen molar-refractivity contribution in [3.63, 3.8) is 0 Å². The normalized spacial score (nSPS) is 10.3. The van der Waals surface area contributed by atoms with Crippen molar-refractivity contribution in [2.45, 2.75) is 0 Å². The quantitative estimate of drug-likeness (QED) is 0.687. The van der Waals surface area contributed by atoms with Crippen LogP contribution in [-0.4, -0.2) is 27.0 Å². The summed E-state index contributed by atoms with van der Waals surface area (Å²) in [7, 11) is 0. The zero-order valence-electron chi connectivity index (χ0n) is 13.4. The number of carbonyl (C=O) groups excluding carboxylic acids is 2. The van der Waals surface area contributed by atoms with Crippen molar-refractivity contribution in [2.75, 3.05) is 10.6 Å². The van der Waals surface area contributed by atoms with Crippen LogP contribution in [0.4, 0.5) is 15.9 Å². The minimum atomic E-state index is -0.665. The van der Waals surface area contributed by atoms with E-state index >= 15 is 0 Å². The van der Waals surface area contributed by atoms with Crippen LogP contribution in [0.25, 0.3) is 0 Å². The standard InChI is InChI=1S/C17H10Cl2FN5O2/c18-9-1-6-15(21-8-9)23-16(26)11-7-10(20)2-3-12(11)22-17(27)13-4-5-14(19)25-24-13/h1-8H,(H,22,27)(H,21,23,26). The summed E-state index contributed by atoms with van der Waals surface area (Å²) in [5.74, 6) is -1.73. The first kappa shape index (κ1) is 18.7. The van der Waals surface area contributed by atoms with Crippen LogP contribution < -0.4 is 10.6 Å². The van der Waals surface area contributed by atoms with Crippen molar-refractivity contribution in [2.24, 2.45) is 0 Å². The number of carbonyl (C=O) groups is 2. The predicted molar refractivity (Wildman–Crippen MR) is 98.6 cm³/mol. The van der Waals surface area contributed by atoms with E-state index in [-0.39, 0.29) is 27.9 Å². The molecule has 10 heteroatoms. The maximum atomic E-state index is 13.6. The van der Waals surface area contributed by atoms with Gasteiger partial charge in [-0.1, -0.05) is 23.2 Å². The lowest BCUT2D eigenvalue weighted by molar-refractivity contribution is 0.102. The molecule has 7 nitrogen and oxygen atoms in total. The fourth-order valence-electron chi connectivity index (χ4n) is 2.07. The fraction of sp³-hybridized carbons (Fsp3) is 0. The number of benzene rings is 1. The third kappa shape index (κ3) is 4.75. The van der Waals surface area contributed by atoms with Crippen LogP contribution in [0.3, 0.4) is 0 Å². The van der Waals surface area contributed by atoms with E-state index in [1.807, 2.05) is 0 Å². The zero-order chi connectivity index (χ0) is 19.4. The second-order valence-electron chi connectivity index (χ2n) is 5.20. The zero-order valence-corrected chi connectivity index (χ0v) is 14.9. The van der Waals surface area contributed by atoms with Gasteiger partial charge >= 0.3 is 0 Å². The molecule has 0 bridgehead atoms. The van der Waals surface area contributed by atoms with Crippen molar-refractivity contribution in [3.8, 4) is 0 Å². The summed E-state index contributed by atoms with van der Waals surface area (Å²) in [5.41, 5.74) is -0.0268. The maximum absolute atomic E-state index is 13.6. The minimum absolute atomic E-state index is 0.0190. The molecule has 0 aliphatic carbocycles. The molecular weight excluding hydrogens is 396 g/mol. The smallest absolute Gasteiger partial charge is 0.276 e. The Morgan fingerprint density at radius 1 is 0.926 bits per heavy atom. The SMILES string of the molecule is O=C(Nc1ccc(F)cc1C(=O)Nc1ccc(Cl)cn1)c1ccc(Cl)nn1. The highest BCUT2D eigenvalue weighted by molar-refractivity contribution is 6.30. The summed E-state index contributed by atoms with van der Waals surface area (Å²) in [6, 6.07) is 9.16. The van der Waals surface area contributed by atoms with E-state index in [1.165, 1.54) is 36.5 Å². The summed E-state index contributed by atoms with van der Waals surface area (Å²) in [4.78, 5) is 28.7. The Morgan fingerprint density at radius 2 is 1.74 bits per heavy atom. The Bertz CT molecular complexity index is 997. The number of anilines is 2. The number of hydrogen-bond acceptors (Lipinski definition) is 5. The van der Waals surface area contributed by atoms with Gasteiger partial charge in [0.05, 0.1) is 16.3 Å². The van der Waals surface area contributed by atoms with Gasteiger partial charge in [0.1, 0.15) is 11.6 Å². The predicted octanol–water partition coefficient (Wildman–Crippen LogP) is 3.82. The Morgan fingerprint density at radius 3 is 2.41 bits per heavy atom. The number of hydrogen-bond donors (Lipinski definition) is 2. The van der Waals surface area contributed by atoms with Gasteiger partial charge in [-0.15, -0.1) is 10.2 Å². The molecule has 0 saturated carbocycles. The van der Waals surface area contributed by atoms with E-state index in [0.717, 1.165) is 12.1 Å². The van der Waals surface area contributed by atoms with Crippen molar-refractivity contribution in [3.05, 3.63) is 75.9 Å². The molecule has 2 N–H and O–H groups in total. The number of nitrogens with one attached hydrogen (secondary N) is 2. The first-order chi connectivity index (χ1) is 12.9. The van der Waals surface area contributed by atoms with Gasteiger partial charge < -0.3 is 10.6 Å². The molecule has 0 saturated heterocycles. The van der Waals surface area contributed by atoms with Crippen LogP contribution >= 0.6 is 23.2 Å². The molecule has 0 aliphatic rings. The van der Waals surface area contributed by atoms with Gasteiger partial charge in [-0.2, -0.15) is 0 Å². The molecule has 3 aromatic rings. The molecule has 1 aromatic carbocycles. The molecule has 0 aliphatic heterocycles. The number of amides is 2. The van der Waals surface area contributed by atoms with Crippen LogP contribution in [0.1, 0.15) is 20.8 Å². The molecule has 0 radical (unpaired) electrons. The van der Waals surface area contributed by atoms with Gasteiger partial charge in [-0.3, -0.25) is 9.59 Å². The average molecular weight is 406 g/mol. The maximum Gasteiger partial charge on any atom is 0.276 e. The first-order valence-corrected chi connectivity index (χ1v) is 8.21. The molecule has 0 atom stereocenters. The molecule has 0 fully saturated rings. The Hall–Kier alpha value is -3.10. The van der Waals surface area contributed by atoms with E-state index < -0.39 is 17.6 Å². The number of pyridine rings is 1. The second kappa shape index (κ2) is 8.07. The van der Waals surface area contributed by atoms with E-state index in [1.54, 1.807) is 0 Å². The molecule has 136 valence electrons. The number of nitrogens with zero attached hydrogens (tertiary/aromatic N) is 3. The molecular formula is C17H10Cl2FN5O2. The minimum Gasteiger partial charge on any atom is -0.320 e. The lowest BCUT2D eigenvalue weighted by atomic mass is 10.1. The van der Waals surface area contributed by atoms with E-state index in [9.17, 15) is 14.0 Å². The Labute approximate surface area is 162 Å². The lowest BCUT2D eigenvalue weighted by Gasteiger charge is -2.11. The molecule has 2 amide bonds. The van der Waals surface area contributed by atoms with Crippen LogP contribution in [0.15, 0.2) is 48.7 Å². The summed E-state index contributed by atoms with van der Waals surface area (Å²) >= 11 is 11.4. The molecule has 3 rings (SSSR count). The molecule has 27 heavy (non-hydrogen) atoms. The first-order valence-electron chi connectivity index (χ1n) is 7.45. The van der Waals surface area contributed by atoms with Crippen molar-refractivity contribution >= 4 is 46.5 Å². The topological polar surface area (TPSA) is 96.9 Å². The molecule has 2 heterocycles. The van der Waals surface area contributed by atoms with Gasteiger partial charge in [0.25, 0.3) is 11.8 Å². The highest BCUT2D eigenvalue weighted by atomic mass is 35.5. The van der Waals surface area contributed by atoms with Gasteiger partial charge in [-0.05, 0) is 42.5 Å². The van der Waals surface area contributed by atoms with Crippen LogP contribution in [0.5, 0.6) is 0 Å². The third-order valence-corrected chi connectivity index (χ3v) is 3.73. The Balaban J connectivity index is 1.83. The van der Waals surface area contributed by atoms with Crippen molar-refractivity contribution in [1.82, 2.24) is 15.2 Å². The van der Waals surface area contributed by atoms with Crippen molar-refractivity contribution in [1.29, 1.82) is 0 Å². The van der Waals surface area contributed by atoms with Gasteiger partial charge in [0, 0.05) is 6.20 Å². The molecule has 2 aromatic heterocycles. The lowest BCUT2D eigenvalue weighted by Crippen LogP contribution is -2.19. The average Bonchev–Trinajstić information content (AvgIpc) is 2.65. The monoisotopic (exact) mass is 405 g/mol. The number of aromatic nitrogens is 3. The highest BCUT2D eigenvalue weighted by Crippen LogP contribution is 2.20. The largest absolute Gasteiger partial charge is 0.320 e. The number of rotatable bonds is 4. The molecule has 0 spiro atoms. The fourth-order valence-corrected chi connectivity index (χ4v) is 2.28. The summed E-state index contributed by atoms with van der Waals surface area (Å²) in [6.45, 7) is 0. The third-order valence-electron chi connectivity index (χ3n) is 3.31. The van der Waals surface area contributed by atoms with E-state index in [2.05, 4.69) is 25.8 Å². The van der Waals surface area contributed by atoms with E-state index in [4.69, 9.17) is 23.2 Å². The molecule has 0 unspecified atom stereocenters. The van der Waals surface area contributed by atoms with Crippen LogP contribution in [0.2, 0.25) is 10.2 Å². The van der Waals surface area contributed by atoms with E-state index in [0.29, 0.717) is 5.02 Å². The van der Waals surface area contributed by atoms with Gasteiger partial charge in [0.15, 0.2) is 10.8 Å². The summed E-state index contributed by atoms with van der Waals surface area (Å²) in [5, 5.41) is 12.7. The summed E-state index contributed by atoms with van der Waals surface area (Å²) in [6.07, 6.45) is 1.35. The number of halogens is 3. The van der Waals surface area contributed by atoms with Gasteiger partial charge in [0.2, 0.25) is 0 Å². The van der Waals surface area contributed by atoms with Crippen LogP contribution in [-0.2, 0) is 0 Å². The second-order valence-corrected chi connectivity index (χ2v) is 6.02. The highest BCUT2D eigenvalue weighted by Gasteiger charge is 2.17. The van der Waals surface area contributed by atoms with Crippen molar-refractivity contribution < 1.29 is 14.0 Å². The Kier molecular flexibility index (Phi) is 5.58. The van der Waals surface area contributed by atoms with Crippen LogP contribution in [0, 0.1) is 5.82 Å². The summed E-state index contributed by atoms with van der Waals surface area (Å²) < 4.78 is 13.6.